The summed E-state index contributed by atoms with van der Waals surface area (Å²) in [7, 11) is 0. The number of amides is 1. The number of nitrogens with zero attached hydrogens (tertiary/aromatic N) is 1. The number of nitrogens with one attached hydrogen (secondary N) is 1. The van der Waals surface area contributed by atoms with Crippen LogP contribution in [0, 0.1) is 0 Å². The number of nitrogens with two attached hydrogens (primary N) is 1. The monoisotopic (exact) mass is 435 g/mol. The second-order valence-corrected chi connectivity index (χ2v) is 7.74. The summed E-state index contributed by atoms with van der Waals surface area (Å²) < 4.78 is 11.0. The molecule has 2 heterocycles. The third-order valence-electron chi connectivity index (χ3n) is 5.13. The second kappa shape index (κ2) is 9.10. The van der Waals surface area contributed by atoms with Crippen molar-refractivity contribution in [2.75, 3.05) is 12.3 Å². The lowest BCUT2D eigenvalue weighted by Crippen LogP contribution is -2.26. The molecule has 7 heteroatoms. The molecule has 0 aliphatic rings. The Morgan fingerprint density at radius 1 is 1.10 bits per heavy atom. The molecule has 0 bridgehead atoms. The van der Waals surface area contributed by atoms with Gasteiger partial charge >= 0.3 is 0 Å². The Labute approximate surface area is 185 Å². The van der Waals surface area contributed by atoms with Crippen molar-refractivity contribution in [3.8, 4) is 22.8 Å². The van der Waals surface area contributed by atoms with Crippen LogP contribution in [0.25, 0.3) is 22.8 Å². The van der Waals surface area contributed by atoms with E-state index in [9.17, 15) is 4.79 Å². The maximum atomic E-state index is 12.8. The number of hydrogen-bond donors (Lipinski definition) is 2. The zero-order chi connectivity index (χ0) is 21.8. The molecule has 2 aromatic carbocycles. The summed E-state index contributed by atoms with van der Waals surface area (Å²) in [5.74, 6) is 0.894. The van der Waals surface area contributed by atoms with Crippen molar-refractivity contribution in [3.63, 3.8) is 0 Å². The number of rotatable bonds is 7. The van der Waals surface area contributed by atoms with Gasteiger partial charge < -0.3 is 20.0 Å². The Balaban J connectivity index is 1.47. The van der Waals surface area contributed by atoms with Gasteiger partial charge in [0, 0.05) is 17.1 Å². The van der Waals surface area contributed by atoms with Gasteiger partial charge in [-0.15, -0.1) is 0 Å². The molecule has 0 radical (unpaired) electrons. The molecular weight excluding hydrogens is 414 g/mol. The van der Waals surface area contributed by atoms with Crippen LogP contribution in [0.3, 0.4) is 0 Å². The average molecular weight is 436 g/mol. The number of furan rings is 1. The molecule has 3 N–H and O–H groups in total. The van der Waals surface area contributed by atoms with Gasteiger partial charge in [0.15, 0.2) is 11.5 Å². The number of carbonyl (C=O) groups is 1. The van der Waals surface area contributed by atoms with E-state index < -0.39 is 0 Å². The topological polar surface area (TPSA) is 94.3 Å². The molecule has 0 fully saturated rings. The van der Waals surface area contributed by atoms with Crippen molar-refractivity contribution in [2.45, 2.75) is 19.3 Å². The summed E-state index contributed by atoms with van der Waals surface area (Å²) in [5.41, 5.74) is 8.36. The van der Waals surface area contributed by atoms with E-state index in [2.05, 4.69) is 29.5 Å². The molecule has 31 heavy (non-hydrogen) atoms. The molecule has 4 rings (SSSR count). The largest absolute Gasteiger partial charge is 0.454 e. The lowest BCUT2D eigenvalue weighted by Gasteiger charge is -2.12. The van der Waals surface area contributed by atoms with E-state index in [-0.39, 0.29) is 23.0 Å². The number of hydrogen-bond acceptors (Lipinski definition) is 5. The van der Waals surface area contributed by atoms with Crippen molar-refractivity contribution in [1.82, 2.24) is 10.5 Å². The highest BCUT2D eigenvalue weighted by molar-refractivity contribution is 6.30. The fraction of sp³-hybridized carbons (Fsp3) is 0.167. The molecule has 1 unspecified atom stereocenters. The lowest BCUT2D eigenvalue weighted by atomic mass is 9.98. The fourth-order valence-electron chi connectivity index (χ4n) is 3.39. The maximum Gasteiger partial charge on any atom is 0.259 e. The van der Waals surface area contributed by atoms with Crippen molar-refractivity contribution in [2.24, 2.45) is 0 Å². The van der Waals surface area contributed by atoms with Crippen LogP contribution in [-0.4, -0.2) is 17.6 Å². The van der Waals surface area contributed by atoms with Gasteiger partial charge in [-0.25, -0.2) is 0 Å². The molecule has 0 saturated heterocycles. The quantitative estimate of drug-likeness (QED) is 0.384. The lowest BCUT2D eigenvalue weighted by molar-refractivity contribution is 0.0953. The van der Waals surface area contributed by atoms with E-state index in [0.717, 1.165) is 12.0 Å². The fourth-order valence-corrected chi connectivity index (χ4v) is 3.58. The smallest absolute Gasteiger partial charge is 0.259 e. The number of anilines is 1. The van der Waals surface area contributed by atoms with Crippen molar-refractivity contribution in [1.29, 1.82) is 0 Å². The van der Waals surface area contributed by atoms with Gasteiger partial charge in [0.2, 0.25) is 5.88 Å². The highest BCUT2D eigenvalue weighted by Crippen LogP contribution is 2.32. The van der Waals surface area contributed by atoms with Gasteiger partial charge in [-0.3, -0.25) is 4.79 Å². The molecule has 4 aromatic rings. The minimum atomic E-state index is -0.352. The summed E-state index contributed by atoms with van der Waals surface area (Å²) in [6.45, 7) is 2.62. The number of benzene rings is 2. The SMILES string of the molecule is CC(CCNC(=O)c1c(-c2ccc(-c3cccc(Cl)c3)o2)noc1N)c1ccccc1. The van der Waals surface area contributed by atoms with Gasteiger partial charge in [-0.05, 0) is 42.2 Å². The Morgan fingerprint density at radius 3 is 2.65 bits per heavy atom. The van der Waals surface area contributed by atoms with Crippen LogP contribution in [0.1, 0.15) is 35.2 Å². The summed E-state index contributed by atoms with van der Waals surface area (Å²) in [4.78, 5) is 12.8. The molecule has 6 nitrogen and oxygen atoms in total. The minimum absolute atomic E-state index is 0.0516. The number of nitrogen functional groups attached to an aromatic ring is 1. The molecular formula is C24H22ClN3O3. The predicted molar refractivity (Wildman–Crippen MR) is 121 cm³/mol. The van der Waals surface area contributed by atoms with E-state index in [0.29, 0.717) is 29.0 Å². The van der Waals surface area contributed by atoms with E-state index in [1.54, 1.807) is 24.3 Å². The van der Waals surface area contributed by atoms with Crippen LogP contribution in [0.5, 0.6) is 0 Å². The zero-order valence-electron chi connectivity index (χ0n) is 17.0. The third-order valence-corrected chi connectivity index (χ3v) is 5.36. The molecule has 1 atom stereocenters. The standard InChI is InChI=1S/C24H22ClN3O3/c1-15(16-6-3-2-4-7-16)12-13-27-24(29)21-22(28-31-23(21)26)20-11-10-19(30-20)17-8-5-9-18(25)14-17/h2-11,14-15H,12-13,26H2,1H3,(H,27,29). The summed E-state index contributed by atoms with van der Waals surface area (Å²) >= 11 is 6.06. The van der Waals surface area contributed by atoms with E-state index in [1.807, 2.05) is 30.3 Å². The first-order chi connectivity index (χ1) is 15.0. The van der Waals surface area contributed by atoms with Crippen LogP contribution in [-0.2, 0) is 0 Å². The van der Waals surface area contributed by atoms with Crippen molar-refractivity contribution < 1.29 is 13.7 Å². The van der Waals surface area contributed by atoms with Crippen molar-refractivity contribution >= 4 is 23.4 Å². The summed E-state index contributed by atoms with van der Waals surface area (Å²) in [6, 6.07) is 21.0. The Hall–Kier alpha value is -3.51. The third kappa shape index (κ3) is 4.64. The van der Waals surface area contributed by atoms with Crippen LogP contribution < -0.4 is 11.1 Å². The molecule has 0 saturated carbocycles. The van der Waals surface area contributed by atoms with Crippen molar-refractivity contribution in [3.05, 3.63) is 82.9 Å². The first-order valence-corrected chi connectivity index (χ1v) is 10.3. The Morgan fingerprint density at radius 2 is 1.87 bits per heavy atom. The van der Waals surface area contributed by atoms with Gasteiger partial charge in [0.05, 0.1) is 0 Å². The highest BCUT2D eigenvalue weighted by Gasteiger charge is 2.25. The molecule has 2 aromatic heterocycles. The second-order valence-electron chi connectivity index (χ2n) is 7.30. The summed E-state index contributed by atoms with van der Waals surface area (Å²) in [6.07, 6.45) is 0.788. The van der Waals surface area contributed by atoms with Crippen LogP contribution in [0.15, 0.2) is 75.7 Å². The van der Waals surface area contributed by atoms with Gasteiger partial charge in [0.1, 0.15) is 11.3 Å². The molecule has 158 valence electrons. The highest BCUT2D eigenvalue weighted by atomic mass is 35.5. The average Bonchev–Trinajstić information content (AvgIpc) is 3.41. The first kappa shape index (κ1) is 20.8. The Bertz CT molecular complexity index is 1180. The van der Waals surface area contributed by atoms with E-state index >= 15 is 0 Å². The zero-order valence-corrected chi connectivity index (χ0v) is 17.7. The van der Waals surface area contributed by atoms with E-state index in [1.165, 1.54) is 5.56 Å². The Kier molecular flexibility index (Phi) is 6.09. The van der Waals surface area contributed by atoms with Crippen LogP contribution in [0.2, 0.25) is 5.02 Å². The number of halogens is 1. The number of aromatic nitrogens is 1. The van der Waals surface area contributed by atoms with Gasteiger partial charge in [0.25, 0.3) is 5.91 Å². The number of carbonyl (C=O) groups excluding carboxylic acids is 1. The molecule has 0 aliphatic carbocycles. The first-order valence-electron chi connectivity index (χ1n) is 9.97. The predicted octanol–water partition coefficient (Wildman–Crippen LogP) is 5.76. The van der Waals surface area contributed by atoms with Crippen LogP contribution in [0.4, 0.5) is 5.88 Å². The summed E-state index contributed by atoms with van der Waals surface area (Å²) in [5, 5.41) is 7.45. The van der Waals surface area contributed by atoms with Gasteiger partial charge in [-0.2, -0.15) is 0 Å². The maximum absolute atomic E-state index is 12.8. The van der Waals surface area contributed by atoms with Gasteiger partial charge in [-0.1, -0.05) is 66.1 Å². The van der Waals surface area contributed by atoms with E-state index in [4.69, 9.17) is 26.3 Å². The molecule has 0 spiro atoms. The van der Waals surface area contributed by atoms with Crippen LogP contribution >= 0.6 is 11.6 Å². The molecule has 0 aliphatic heterocycles. The normalized spacial score (nSPS) is 11.9. The minimum Gasteiger partial charge on any atom is -0.454 e. The molecule has 1 amide bonds.